The summed E-state index contributed by atoms with van der Waals surface area (Å²) in [6, 6.07) is 15.5. The lowest BCUT2D eigenvalue weighted by molar-refractivity contribution is -0.143. The van der Waals surface area contributed by atoms with Gasteiger partial charge in [-0.3, -0.25) is 4.79 Å². The molecule has 2 aromatic rings. The van der Waals surface area contributed by atoms with Gasteiger partial charge in [-0.1, -0.05) is 67.3 Å². The van der Waals surface area contributed by atoms with Crippen LogP contribution in [0.5, 0.6) is 0 Å². The number of aryl methyl sites for hydroxylation is 1. The Labute approximate surface area is 214 Å². The number of rotatable bonds is 3. The van der Waals surface area contributed by atoms with Crippen molar-refractivity contribution in [2.45, 2.75) is 81.6 Å². The van der Waals surface area contributed by atoms with Gasteiger partial charge in [0.1, 0.15) is 5.15 Å². The first-order chi connectivity index (χ1) is 17.2. The van der Waals surface area contributed by atoms with Crippen molar-refractivity contribution in [3.05, 3.63) is 64.4 Å². The molecule has 0 radical (unpaired) electrons. The van der Waals surface area contributed by atoms with Crippen LogP contribution < -0.4 is 5.32 Å². The van der Waals surface area contributed by atoms with E-state index in [2.05, 4.69) is 51.6 Å². The van der Waals surface area contributed by atoms with Gasteiger partial charge in [0.2, 0.25) is 5.91 Å². The third-order valence-corrected chi connectivity index (χ3v) is 9.87. The predicted molar refractivity (Wildman–Crippen MR) is 141 cm³/mol. The zero-order chi connectivity index (χ0) is 23.8. The molecular formula is C30H38ClN3O. The van der Waals surface area contributed by atoms with Crippen molar-refractivity contribution < 1.29 is 4.79 Å². The van der Waals surface area contributed by atoms with E-state index in [4.69, 9.17) is 11.6 Å². The first-order valence-corrected chi connectivity index (χ1v) is 14.3. The standard InChI is InChI=1S/C30H38ClN3O/c31-28-14-13-24-26(33-28)12-7-16-30(24)20-32-19-25(30)29(35)34-17-15-23(21-8-3-1-4-9-21)18-27(34)22-10-5-2-6-11-22/h1,3-4,8-9,13-14,22-23,25,27,32H,2,5-7,10-12,15-20H2/t23-,25-,27+,30-/m0/s1. The second-order valence-corrected chi connectivity index (χ2v) is 11.8. The molecule has 4 atom stereocenters. The van der Waals surface area contributed by atoms with E-state index in [1.807, 2.05) is 6.07 Å². The molecule has 1 N–H and O–H groups in total. The molecular weight excluding hydrogens is 454 g/mol. The summed E-state index contributed by atoms with van der Waals surface area (Å²) in [5, 5.41) is 4.19. The minimum atomic E-state index is -0.143. The lowest BCUT2D eigenvalue weighted by Gasteiger charge is -2.48. The summed E-state index contributed by atoms with van der Waals surface area (Å²) >= 11 is 6.26. The molecule has 2 aliphatic heterocycles. The number of benzene rings is 1. The van der Waals surface area contributed by atoms with Crippen molar-refractivity contribution in [2.24, 2.45) is 11.8 Å². The number of hydrogen-bond acceptors (Lipinski definition) is 3. The Morgan fingerprint density at radius 2 is 1.86 bits per heavy atom. The van der Waals surface area contributed by atoms with Gasteiger partial charge >= 0.3 is 0 Å². The second kappa shape index (κ2) is 9.86. The van der Waals surface area contributed by atoms with Crippen molar-refractivity contribution in [3.8, 4) is 0 Å². The molecule has 4 aliphatic rings. The molecule has 4 nitrogen and oxygen atoms in total. The molecule has 35 heavy (non-hydrogen) atoms. The van der Waals surface area contributed by atoms with E-state index in [1.165, 1.54) is 43.2 Å². The van der Waals surface area contributed by atoms with Crippen molar-refractivity contribution in [1.82, 2.24) is 15.2 Å². The number of aromatic nitrogens is 1. The van der Waals surface area contributed by atoms with Gasteiger partial charge in [-0.05, 0) is 74.0 Å². The molecule has 1 saturated carbocycles. The Hall–Kier alpha value is -1.91. The molecule has 2 aliphatic carbocycles. The van der Waals surface area contributed by atoms with E-state index in [0.717, 1.165) is 57.4 Å². The maximum atomic E-state index is 14.5. The number of carbonyl (C=O) groups is 1. The molecule has 3 fully saturated rings. The van der Waals surface area contributed by atoms with Gasteiger partial charge in [0.15, 0.2) is 0 Å². The van der Waals surface area contributed by atoms with Crippen molar-refractivity contribution >= 4 is 17.5 Å². The monoisotopic (exact) mass is 491 g/mol. The average molecular weight is 492 g/mol. The number of piperidine rings is 1. The molecule has 1 aromatic heterocycles. The fourth-order valence-corrected chi connectivity index (χ4v) is 8.08. The van der Waals surface area contributed by atoms with Gasteiger partial charge in [0.25, 0.3) is 0 Å². The highest BCUT2D eigenvalue weighted by Crippen LogP contribution is 2.47. The Morgan fingerprint density at radius 3 is 2.69 bits per heavy atom. The van der Waals surface area contributed by atoms with Crippen molar-refractivity contribution in [3.63, 3.8) is 0 Å². The number of fused-ring (bicyclic) bond motifs is 2. The molecule has 6 rings (SSSR count). The van der Waals surface area contributed by atoms with Gasteiger partial charge in [-0.25, -0.2) is 4.98 Å². The molecule has 3 heterocycles. The van der Waals surface area contributed by atoms with Crippen molar-refractivity contribution in [1.29, 1.82) is 0 Å². The van der Waals surface area contributed by atoms with Crippen LogP contribution in [0, 0.1) is 11.8 Å². The smallest absolute Gasteiger partial charge is 0.228 e. The second-order valence-electron chi connectivity index (χ2n) is 11.5. The number of amides is 1. The summed E-state index contributed by atoms with van der Waals surface area (Å²) in [7, 11) is 0. The van der Waals surface area contributed by atoms with Crippen LogP contribution in [0.4, 0.5) is 0 Å². The van der Waals surface area contributed by atoms with E-state index in [-0.39, 0.29) is 11.3 Å². The van der Waals surface area contributed by atoms with E-state index in [9.17, 15) is 4.79 Å². The van der Waals surface area contributed by atoms with Crippen LogP contribution in [0.3, 0.4) is 0 Å². The molecule has 1 aromatic carbocycles. The molecule has 2 saturated heterocycles. The van der Waals surface area contributed by atoms with E-state index < -0.39 is 0 Å². The number of nitrogens with one attached hydrogen (secondary N) is 1. The normalized spacial score (nSPS) is 31.5. The molecule has 1 amide bonds. The van der Waals surface area contributed by atoms with Crippen LogP contribution in [0.15, 0.2) is 42.5 Å². The topological polar surface area (TPSA) is 45.2 Å². The van der Waals surface area contributed by atoms with Crippen LogP contribution in [-0.2, 0) is 16.6 Å². The fraction of sp³-hybridized carbons (Fsp3) is 0.600. The predicted octanol–water partition coefficient (Wildman–Crippen LogP) is 5.88. The summed E-state index contributed by atoms with van der Waals surface area (Å²) in [5.74, 6) is 1.58. The first-order valence-electron chi connectivity index (χ1n) is 13.9. The summed E-state index contributed by atoms with van der Waals surface area (Å²) in [6.07, 6.45) is 11.8. The maximum Gasteiger partial charge on any atom is 0.228 e. The Morgan fingerprint density at radius 1 is 1.03 bits per heavy atom. The Kier molecular flexibility index (Phi) is 6.62. The number of carbonyl (C=O) groups excluding carboxylic acids is 1. The van der Waals surface area contributed by atoms with Crippen LogP contribution in [0.2, 0.25) is 5.15 Å². The summed E-state index contributed by atoms with van der Waals surface area (Å²) in [5.41, 5.74) is 3.68. The minimum Gasteiger partial charge on any atom is -0.339 e. The van der Waals surface area contributed by atoms with Gasteiger partial charge in [-0.2, -0.15) is 0 Å². The van der Waals surface area contributed by atoms with E-state index >= 15 is 0 Å². The van der Waals surface area contributed by atoms with E-state index in [0.29, 0.717) is 28.9 Å². The Bertz CT molecular complexity index is 1050. The van der Waals surface area contributed by atoms with Gasteiger partial charge in [-0.15, -0.1) is 0 Å². The molecule has 186 valence electrons. The number of nitrogens with zero attached hydrogens (tertiary/aromatic N) is 2. The Balaban J connectivity index is 1.30. The SMILES string of the molecule is O=C([C@@H]1CNC[C@]12CCCc1nc(Cl)ccc12)N1CC[C@H](c2ccccc2)C[C@@H]1C1CCCCC1. The molecule has 5 heteroatoms. The van der Waals surface area contributed by atoms with Crippen LogP contribution in [0.25, 0.3) is 0 Å². The van der Waals surface area contributed by atoms with Gasteiger partial charge < -0.3 is 10.2 Å². The largest absolute Gasteiger partial charge is 0.339 e. The third kappa shape index (κ3) is 4.31. The highest BCUT2D eigenvalue weighted by molar-refractivity contribution is 6.29. The summed E-state index contributed by atoms with van der Waals surface area (Å²) in [6.45, 7) is 2.53. The van der Waals surface area contributed by atoms with Gasteiger partial charge in [0.05, 0.1) is 5.92 Å². The maximum absolute atomic E-state index is 14.5. The van der Waals surface area contributed by atoms with Crippen molar-refractivity contribution in [2.75, 3.05) is 19.6 Å². The molecule has 0 unspecified atom stereocenters. The zero-order valence-electron chi connectivity index (χ0n) is 20.7. The molecule has 0 bridgehead atoms. The quantitative estimate of drug-likeness (QED) is 0.545. The lowest BCUT2D eigenvalue weighted by atomic mass is 9.64. The van der Waals surface area contributed by atoms with Crippen LogP contribution in [-0.4, -0.2) is 41.5 Å². The minimum absolute atomic E-state index is 0.0103. The molecule has 1 spiro atoms. The fourth-order valence-electron chi connectivity index (χ4n) is 7.92. The number of likely N-dealkylation sites (tertiary alicyclic amines) is 1. The average Bonchev–Trinajstić information content (AvgIpc) is 3.32. The lowest BCUT2D eigenvalue weighted by Crippen LogP contribution is -2.55. The van der Waals surface area contributed by atoms with Gasteiger partial charge in [0, 0.05) is 36.8 Å². The zero-order valence-corrected chi connectivity index (χ0v) is 21.5. The summed E-state index contributed by atoms with van der Waals surface area (Å²) < 4.78 is 0. The third-order valence-electron chi connectivity index (χ3n) is 9.66. The number of pyridine rings is 1. The number of hydrogen-bond donors (Lipinski definition) is 1. The highest BCUT2D eigenvalue weighted by atomic mass is 35.5. The first kappa shape index (κ1) is 23.5. The summed E-state index contributed by atoms with van der Waals surface area (Å²) in [4.78, 5) is 21.5. The number of halogens is 1. The van der Waals surface area contributed by atoms with Crippen LogP contribution in [0.1, 0.15) is 80.5 Å². The van der Waals surface area contributed by atoms with Crippen LogP contribution >= 0.6 is 11.6 Å². The van der Waals surface area contributed by atoms with E-state index in [1.54, 1.807) is 0 Å². The highest BCUT2D eigenvalue weighted by Gasteiger charge is 2.52.